The van der Waals surface area contributed by atoms with E-state index >= 15 is 0 Å². The lowest BCUT2D eigenvalue weighted by Crippen LogP contribution is -2.12. The van der Waals surface area contributed by atoms with Crippen molar-refractivity contribution in [3.05, 3.63) is 59.2 Å². The molecule has 1 aromatic carbocycles. The van der Waals surface area contributed by atoms with Crippen LogP contribution in [0, 0.1) is 0 Å². The molecule has 0 saturated heterocycles. The molecule has 0 aliphatic heterocycles. The molecule has 0 bridgehead atoms. The summed E-state index contributed by atoms with van der Waals surface area (Å²) in [6, 6.07) is 10.1. The molecule has 4 nitrogen and oxygen atoms in total. The van der Waals surface area contributed by atoms with Gasteiger partial charge in [-0.25, -0.2) is 14.8 Å². The molecule has 0 aliphatic rings. The second kappa shape index (κ2) is 7.74. The van der Waals surface area contributed by atoms with Crippen LogP contribution in [0.15, 0.2) is 36.5 Å². The number of benzene rings is 1. The smallest absolute Gasteiger partial charge is 0.341 e. The first-order valence-corrected chi connectivity index (χ1v) is 7.39. The lowest BCUT2D eigenvalue weighted by atomic mass is 10.1. The average molecular weight is 305 g/mol. The van der Waals surface area contributed by atoms with Crippen LogP contribution in [0.5, 0.6) is 0 Å². The van der Waals surface area contributed by atoms with Crippen molar-refractivity contribution >= 4 is 17.6 Å². The van der Waals surface area contributed by atoms with Gasteiger partial charge in [0.1, 0.15) is 11.4 Å². The Balaban J connectivity index is 2.10. The number of hydrogen-bond donors (Lipinski definition) is 0. The third-order valence-electron chi connectivity index (χ3n) is 3.02. The maximum atomic E-state index is 11.8. The molecule has 0 spiro atoms. The molecule has 0 atom stereocenters. The van der Waals surface area contributed by atoms with Crippen LogP contribution >= 0.6 is 11.6 Å². The molecule has 2 rings (SSSR count). The Kier molecular flexibility index (Phi) is 5.69. The fourth-order valence-electron chi connectivity index (χ4n) is 1.96. The lowest BCUT2D eigenvalue weighted by molar-refractivity contribution is 0.0524. The number of halogens is 1. The van der Waals surface area contributed by atoms with E-state index < -0.39 is 5.97 Å². The predicted octanol–water partition coefficient (Wildman–Crippen LogP) is 3.18. The molecular weight excluding hydrogens is 288 g/mol. The predicted molar refractivity (Wildman–Crippen MR) is 81.4 cm³/mol. The SMILES string of the molecule is CCOC(=O)c1cnc(CCc2ccccc2)nc1CCl. The van der Waals surface area contributed by atoms with Crippen molar-refractivity contribution in [3.63, 3.8) is 0 Å². The van der Waals surface area contributed by atoms with Crippen LogP contribution in [0.3, 0.4) is 0 Å². The summed E-state index contributed by atoms with van der Waals surface area (Å²) in [5, 5.41) is 0. The number of carbonyl (C=O) groups is 1. The number of alkyl halides is 1. The first-order valence-electron chi connectivity index (χ1n) is 6.86. The topological polar surface area (TPSA) is 52.1 Å². The van der Waals surface area contributed by atoms with E-state index in [2.05, 4.69) is 22.1 Å². The van der Waals surface area contributed by atoms with Crippen molar-refractivity contribution in [1.29, 1.82) is 0 Å². The van der Waals surface area contributed by atoms with Gasteiger partial charge < -0.3 is 4.74 Å². The fourth-order valence-corrected chi connectivity index (χ4v) is 2.16. The van der Waals surface area contributed by atoms with Gasteiger partial charge in [0.15, 0.2) is 0 Å². The van der Waals surface area contributed by atoms with E-state index in [0.717, 1.165) is 6.42 Å². The highest BCUT2D eigenvalue weighted by atomic mass is 35.5. The highest BCUT2D eigenvalue weighted by molar-refractivity contribution is 6.17. The minimum absolute atomic E-state index is 0.162. The monoisotopic (exact) mass is 304 g/mol. The number of aryl methyl sites for hydroxylation is 2. The van der Waals surface area contributed by atoms with Crippen LogP contribution in [0.2, 0.25) is 0 Å². The van der Waals surface area contributed by atoms with Gasteiger partial charge >= 0.3 is 5.97 Å². The fraction of sp³-hybridized carbons (Fsp3) is 0.312. The van der Waals surface area contributed by atoms with E-state index in [-0.39, 0.29) is 5.88 Å². The largest absolute Gasteiger partial charge is 0.462 e. The number of rotatable bonds is 6. The van der Waals surface area contributed by atoms with E-state index in [1.165, 1.54) is 11.8 Å². The summed E-state index contributed by atoms with van der Waals surface area (Å²) in [4.78, 5) is 20.4. The molecular formula is C16H17ClN2O2. The maximum Gasteiger partial charge on any atom is 0.341 e. The molecule has 110 valence electrons. The Hall–Kier alpha value is -1.94. The Labute approximate surface area is 129 Å². The van der Waals surface area contributed by atoms with Gasteiger partial charge in [-0.15, -0.1) is 11.6 Å². The average Bonchev–Trinajstić information content (AvgIpc) is 2.53. The van der Waals surface area contributed by atoms with Gasteiger partial charge in [0.05, 0.1) is 18.2 Å². The van der Waals surface area contributed by atoms with Gasteiger partial charge in [-0.3, -0.25) is 0 Å². The van der Waals surface area contributed by atoms with Crippen LogP contribution in [0.1, 0.15) is 34.4 Å². The van der Waals surface area contributed by atoms with Crippen molar-refractivity contribution < 1.29 is 9.53 Å². The second-order valence-electron chi connectivity index (χ2n) is 4.49. The number of carbonyl (C=O) groups excluding carboxylic acids is 1. The number of esters is 1. The second-order valence-corrected chi connectivity index (χ2v) is 4.75. The highest BCUT2D eigenvalue weighted by Crippen LogP contribution is 2.12. The zero-order valence-electron chi connectivity index (χ0n) is 11.9. The summed E-state index contributed by atoms with van der Waals surface area (Å²) in [7, 11) is 0. The molecule has 0 radical (unpaired) electrons. The van der Waals surface area contributed by atoms with E-state index in [1.807, 2.05) is 18.2 Å². The first-order chi connectivity index (χ1) is 10.2. The van der Waals surface area contributed by atoms with E-state index in [9.17, 15) is 4.79 Å². The van der Waals surface area contributed by atoms with Gasteiger partial charge in [-0.2, -0.15) is 0 Å². The molecule has 0 amide bonds. The maximum absolute atomic E-state index is 11.8. The zero-order chi connectivity index (χ0) is 15.1. The van der Waals surface area contributed by atoms with Gasteiger partial charge in [0.25, 0.3) is 0 Å². The summed E-state index contributed by atoms with van der Waals surface area (Å²) < 4.78 is 4.96. The molecule has 5 heteroatoms. The van der Waals surface area contributed by atoms with E-state index in [1.54, 1.807) is 6.92 Å². The van der Waals surface area contributed by atoms with Gasteiger partial charge in [0.2, 0.25) is 0 Å². The molecule has 0 aliphatic carbocycles. The minimum atomic E-state index is -0.428. The third-order valence-corrected chi connectivity index (χ3v) is 3.27. The first kappa shape index (κ1) is 15.4. The Morgan fingerprint density at radius 2 is 2.00 bits per heavy atom. The Morgan fingerprint density at radius 1 is 1.24 bits per heavy atom. The van der Waals surface area contributed by atoms with Crippen LogP contribution in [-0.2, 0) is 23.5 Å². The third kappa shape index (κ3) is 4.26. The van der Waals surface area contributed by atoms with E-state index in [4.69, 9.17) is 16.3 Å². The van der Waals surface area contributed by atoms with Crippen molar-refractivity contribution in [2.75, 3.05) is 6.61 Å². The van der Waals surface area contributed by atoms with Gasteiger partial charge in [-0.05, 0) is 18.9 Å². The summed E-state index contributed by atoms with van der Waals surface area (Å²) in [5.41, 5.74) is 2.09. The van der Waals surface area contributed by atoms with Crippen molar-refractivity contribution in [1.82, 2.24) is 9.97 Å². The van der Waals surface area contributed by atoms with Crippen molar-refractivity contribution in [2.45, 2.75) is 25.6 Å². The summed E-state index contributed by atoms with van der Waals surface area (Å²) in [6.45, 7) is 2.07. The number of ether oxygens (including phenoxy) is 1. The number of aromatic nitrogens is 2. The van der Waals surface area contributed by atoms with Gasteiger partial charge in [0, 0.05) is 12.6 Å². The Bertz CT molecular complexity index is 602. The quantitative estimate of drug-likeness (QED) is 0.607. The van der Waals surface area contributed by atoms with Crippen molar-refractivity contribution in [2.24, 2.45) is 0 Å². The van der Waals surface area contributed by atoms with E-state index in [0.29, 0.717) is 30.1 Å². The summed E-state index contributed by atoms with van der Waals surface area (Å²) in [5.74, 6) is 0.417. The molecule has 0 fully saturated rings. The molecule has 1 heterocycles. The molecule has 0 N–H and O–H groups in total. The molecule has 1 aromatic heterocycles. The normalized spacial score (nSPS) is 10.4. The highest BCUT2D eigenvalue weighted by Gasteiger charge is 2.15. The van der Waals surface area contributed by atoms with Gasteiger partial charge in [-0.1, -0.05) is 30.3 Å². The molecule has 21 heavy (non-hydrogen) atoms. The zero-order valence-corrected chi connectivity index (χ0v) is 12.6. The minimum Gasteiger partial charge on any atom is -0.462 e. The van der Waals surface area contributed by atoms with Crippen LogP contribution in [-0.4, -0.2) is 22.5 Å². The lowest BCUT2D eigenvalue weighted by Gasteiger charge is -2.07. The molecule has 0 unspecified atom stereocenters. The Morgan fingerprint density at radius 3 is 2.67 bits per heavy atom. The summed E-state index contributed by atoms with van der Waals surface area (Å²) in [6.07, 6.45) is 3.06. The van der Waals surface area contributed by atoms with Crippen LogP contribution < -0.4 is 0 Å². The van der Waals surface area contributed by atoms with Crippen LogP contribution in [0.25, 0.3) is 0 Å². The standard InChI is InChI=1S/C16H17ClN2O2/c1-2-21-16(20)13-11-18-15(19-14(13)10-17)9-8-12-6-4-3-5-7-12/h3-7,11H,2,8-10H2,1H3. The molecule has 0 saturated carbocycles. The number of hydrogen-bond acceptors (Lipinski definition) is 4. The number of nitrogens with zero attached hydrogens (tertiary/aromatic N) is 2. The molecule has 2 aromatic rings. The van der Waals surface area contributed by atoms with Crippen LogP contribution in [0.4, 0.5) is 0 Å². The summed E-state index contributed by atoms with van der Waals surface area (Å²) >= 11 is 5.87. The van der Waals surface area contributed by atoms with Crippen molar-refractivity contribution in [3.8, 4) is 0 Å².